The van der Waals surface area contributed by atoms with Gasteiger partial charge in [-0.05, 0) is 37.5 Å². The van der Waals surface area contributed by atoms with Gasteiger partial charge in [-0.2, -0.15) is 0 Å². The molecule has 0 radical (unpaired) electrons. The van der Waals surface area contributed by atoms with Crippen molar-refractivity contribution in [1.29, 1.82) is 0 Å². The minimum Gasteiger partial charge on any atom is -0.493 e. The van der Waals surface area contributed by atoms with E-state index in [9.17, 15) is 5.11 Å². The fourth-order valence-corrected chi connectivity index (χ4v) is 2.40. The fraction of sp³-hybridized carbons (Fsp3) is 0.526. The van der Waals surface area contributed by atoms with Crippen molar-refractivity contribution in [1.82, 2.24) is 10.5 Å². The van der Waals surface area contributed by atoms with Crippen LogP contribution in [-0.2, 0) is 13.2 Å². The first-order chi connectivity index (χ1) is 11.9. The lowest BCUT2D eigenvalue weighted by molar-refractivity contribution is 0.123. The molecule has 1 aromatic carbocycles. The van der Waals surface area contributed by atoms with E-state index in [1.54, 1.807) is 7.11 Å². The monoisotopic (exact) mass is 348 g/mol. The standard InChI is InChI=1S/C19H28N2O4/c1-12(2)17(22)10-20-9-15-6-7-18(19(8-15)23-5)24-11-16-13(3)21-25-14(16)4/h6-8,12,17,20,22H,9-11H2,1-5H3. The summed E-state index contributed by atoms with van der Waals surface area (Å²) in [6.45, 7) is 9.37. The first-order valence-corrected chi connectivity index (χ1v) is 8.52. The molecule has 0 saturated carbocycles. The molecule has 1 aromatic heterocycles. The van der Waals surface area contributed by atoms with E-state index in [1.165, 1.54) is 0 Å². The molecule has 0 amide bonds. The highest BCUT2D eigenvalue weighted by Gasteiger charge is 2.12. The Labute approximate surface area is 149 Å². The zero-order chi connectivity index (χ0) is 18.4. The highest BCUT2D eigenvalue weighted by atomic mass is 16.5. The summed E-state index contributed by atoms with van der Waals surface area (Å²) in [6, 6.07) is 5.82. The van der Waals surface area contributed by atoms with Crippen molar-refractivity contribution in [2.45, 2.75) is 47.0 Å². The predicted octanol–water partition coefficient (Wildman–Crippen LogP) is 2.99. The van der Waals surface area contributed by atoms with E-state index in [0.717, 1.165) is 22.6 Å². The van der Waals surface area contributed by atoms with Gasteiger partial charge in [-0.25, -0.2) is 0 Å². The summed E-state index contributed by atoms with van der Waals surface area (Å²) in [5.74, 6) is 2.35. The van der Waals surface area contributed by atoms with Gasteiger partial charge >= 0.3 is 0 Å². The van der Waals surface area contributed by atoms with E-state index in [-0.39, 0.29) is 12.0 Å². The number of nitrogens with one attached hydrogen (secondary N) is 1. The largest absolute Gasteiger partial charge is 0.493 e. The number of nitrogens with zero attached hydrogens (tertiary/aromatic N) is 1. The Balaban J connectivity index is 1.96. The van der Waals surface area contributed by atoms with Gasteiger partial charge in [-0.3, -0.25) is 0 Å². The zero-order valence-electron chi connectivity index (χ0n) is 15.6. The van der Waals surface area contributed by atoms with E-state index < -0.39 is 0 Å². The highest BCUT2D eigenvalue weighted by molar-refractivity contribution is 5.43. The number of rotatable bonds is 9. The summed E-state index contributed by atoms with van der Waals surface area (Å²) in [5.41, 5.74) is 2.86. The number of aliphatic hydroxyl groups is 1. The summed E-state index contributed by atoms with van der Waals surface area (Å²) in [4.78, 5) is 0. The number of methoxy groups -OCH3 is 1. The van der Waals surface area contributed by atoms with Crippen LogP contribution in [0.1, 0.15) is 36.4 Å². The SMILES string of the molecule is COc1cc(CNCC(O)C(C)C)ccc1OCc1c(C)noc1C. The molecule has 0 fully saturated rings. The third kappa shape index (κ3) is 5.21. The zero-order valence-corrected chi connectivity index (χ0v) is 15.6. The highest BCUT2D eigenvalue weighted by Crippen LogP contribution is 2.29. The van der Waals surface area contributed by atoms with Gasteiger partial charge in [-0.1, -0.05) is 25.1 Å². The van der Waals surface area contributed by atoms with Crippen molar-refractivity contribution in [2.75, 3.05) is 13.7 Å². The third-order valence-corrected chi connectivity index (χ3v) is 4.23. The van der Waals surface area contributed by atoms with E-state index in [2.05, 4.69) is 10.5 Å². The Kier molecular flexibility index (Phi) is 6.84. The lowest BCUT2D eigenvalue weighted by atomic mass is 10.1. The smallest absolute Gasteiger partial charge is 0.161 e. The maximum atomic E-state index is 9.83. The second-order valence-electron chi connectivity index (χ2n) is 6.52. The fourth-order valence-electron chi connectivity index (χ4n) is 2.40. The Morgan fingerprint density at radius 1 is 1.24 bits per heavy atom. The summed E-state index contributed by atoms with van der Waals surface area (Å²) in [6.07, 6.45) is -0.348. The Morgan fingerprint density at radius 2 is 2.00 bits per heavy atom. The van der Waals surface area contributed by atoms with Crippen LogP contribution < -0.4 is 14.8 Å². The lowest BCUT2D eigenvalue weighted by Gasteiger charge is -2.16. The van der Waals surface area contributed by atoms with Crippen LogP contribution >= 0.6 is 0 Å². The Morgan fingerprint density at radius 3 is 2.60 bits per heavy atom. The van der Waals surface area contributed by atoms with Crippen molar-refractivity contribution in [2.24, 2.45) is 5.92 Å². The van der Waals surface area contributed by atoms with Gasteiger partial charge in [0.25, 0.3) is 0 Å². The van der Waals surface area contributed by atoms with E-state index in [0.29, 0.717) is 31.2 Å². The molecule has 6 heteroatoms. The van der Waals surface area contributed by atoms with Gasteiger partial charge in [0, 0.05) is 13.1 Å². The quantitative estimate of drug-likeness (QED) is 0.725. The molecule has 6 nitrogen and oxygen atoms in total. The average Bonchev–Trinajstić information content (AvgIpc) is 2.91. The number of hydrogen-bond donors (Lipinski definition) is 2. The summed E-state index contributed by atoms with van der Waals surface area (Å²) in [5, 5.41) is 17.0. The number of benzene rings is 1. The van der Waals surface area contributed by atoms with Gasteiger partial charge in [-0.15, -0.1) is 0 Å². The molecule has 1 unspecified atom stereocenters. The number of aromatic nitrogens is 1. The van der Waals surface area contributed by atoms with Crippen molar-refractivity contribution < 1.29 is 19.1 Å². The average molecular weight is 348 g/mol. The maximum absolute atomic E-state index is 9.83. The second kappa shape index (κ2) is 8.87. The van der Waals surface area contributed by atoms with Crippen LogP contribution in [0.15, 0.2) is 22.7 Å². The van der Waals surface area contributed by atoms with Crippen molar-refractivity contribution >= 4 is 0 Å². The van der Waals surface area contributed by atoms with E-state index >= 15 is 0 Å². The molecule has 2 N–H and O–H groups in total. The van der Waals surface area contributed by atoms with Crippen molar-refractivity contribution in [3.8, 4) is 11.5 Å². The molecule has 1 atom stereocenters. The minimum absolute atomic E-state index is 0.238. The van der Waals surface area contributed by atoms with Crippen LogP contribution in [0.5, 0.6) is 11.5 Å². The number of aryl methyl sites for hydroxylation is 2. The number of ether oxygens (including phenoxy) is 2. The summed E-state index contributed by atoms with van der Waals surface area (Å²) >= 11 is 0. The van der Waals surface area contributed by atoms with Gasteiger partial charge in [0.05, 0.1) is 24.5 Å². The molecule has 0 aliphatic carbocycles. The third-order valence-electron chi connectivity index (χ3n) is 4.23. The summed E-state index contributed by atoms with van der Waals surface area (Å²) in [7, 11) is 1.62. The van der Waals surface area contributed by atoms with Crippen LogP contribution in [0.2, 0.25) is 0 Å². The number of hydrogen-bond acceptors (Lipinski definition) is 6. The van der Waals surface area contributed by atoms with Crippen LogP contribution in [0.4, 0.5) is 0 Å². The molecule has 0 bridgehead atoms. The van der Waals surface area contributed by atoms with Crippen LogP contribution in [0, 0.1) is 19.8 Å². The molecule has 0 aliphatic rings. The van der Waals surface area contributed by atoms with Gasteiger partial charge in [0.1, 0.15) is 12.4 Å². The molecule has 25 heavy (non-hydrogen) atoms. The second-order valence-corrected chi connectivity index (χ2v) is 6.52. The van der Waals surface area contributed by atoms with Crippen molar-refractivity contribution in [3.05, 3.63) is 40.8 Å². The topological polar surface area (TPSA) is 76.8 Å². The molecule has 2 aromatic rings. The van der Waals surface area contributed by atoms with Crippen LogP contribution in [0.25, 0.3) is 0 Å². The minimum atomic E-state index is -0.348. The maximum Gasteiger partial charge on any atom is 0.161 e. The molecular weight excluding hydrogens is 320 g/mol. The molecule has 0 saturated heterocycles. The number of aliphatic hydroxyl groups excluding tert-OH is 1. The molecule has 138 valence electrons. The first kappa shape index (κ1) is 19.3. The first-order valence-electron chi connectivity index (χ1n) is 8.52. The Bertz CT molecular complexity index is 663. The predicted molar refractivity (Wildman–Crippen MR) is 95.9 cm³/mol. The Hall–Kier alpha value is -2.05. The van der Waals surface area contributed by atoms with Gasteiger partial charge < -0.3 is 24.4 Å². The molecule has 0 spiro atoms. The van der Waals surface area contributed by atoms with E-state index in [1.807, 2.05) is 45.9 Å². The molecule has 2 rings (SSSR count). The van der Waals surface area contributed by atoms with Gasteiger partial charge in [0.2, 0.25) is 0 Å². The molecular formula is C19H28N2O4. The van der Waals surface area contributed by atoms with Crippen LogP contribution in [-0.4, -0.2) is 30.0 Å². The van der Waals surface area contributed by atoms with E-state index in [4.69, 9.17) is 14.0 Å². The van der Waals surface area contributed by atoms with Gasteiger partial charge in [0.15, 0.2) is 11.5 Å². The molecule has 0 aliphatic heterocycles. The lowest BCUT2D eigenvalue weighted by Crippen LogP contribution is -2.30. The normalized spacial score (nSPS) is 12.4. The summed E-state index contributed by atoms with van der Waals surface area (Å²) < 4.78 is 16.5. The molecule has 1 heterocycles. The van der Waals surface area contributed by atoms with Crippen molar-refractivity contribution in [3.63, 3.8) is 0 Å². The van der Waals surface area contributed by atoms with Crippen LogP contribution in [0.3, 0.4) is 0 Å².